The first kappa shape index (κ1) is 9.51. The maximum absolute atomic E-state index is 11.8. The Bertz CT molecular complexity index is 413. The van der Waals surface area contributed by atoms with E-state index in [2.05, 4.69) is 9.97 Å². The van der Waals surface area contributed by atoms with Gasteiger partial charge in [0, 0.05) is 37.3 Å². The zero-order valence-corrected chi connectivity index (χ0v) is 8.05. The van der Waals surface area contributed by atoms with Crippen molar-refractivity contribution in [1.82, 2.24) is 14.9 Å². The highest BCUT2D eigenvalue weighted by atomic mass is 16.2. The van der Waals surface area contributed by atoms with Crippen LogP contribution in [-0.2, 0) is 0 Å². The van der Waals surface area contributed by atoms with Gasteiger partial charge in [-0.2, -0.15) is 0 Å². The van der Waals surface area contributed by atoms with Crippen molar-refractivity contribution in [1.29, 1.82) is 5.41 Å². The first-order valence-corrected chi connectivity index (χ1v) is 4.60. The Morgan fingerprint density at radius 2 is 2.33 bits per heavy atom. The van der Waals surface area contributed by atoms with Crippen molar-refractivity contribution in [2.24, 2.45) is 0 Å². The second-order valence-corrected chi connectivity index (χ2v) is 3.18. The number of aromatic nitrogens is 2. The molecule has 15 heavy (non-hydrogen) atoms. The van der Waals surface area contributed by atoms with Gasteiger partial charge in [0.15, 0.2) is 0 Å². The Labute approximate surface area is 87.0 Å². The molecule has 0 unspecified atom stereocenters. The summed E-state index contributed by atoms with van der Waals surface area (Å²) in [6, 6.07) is 0. The molecule has 0 radical (unpaired) electrons. The van der Waals surface area contributed by atoms with E-state index in [1.807, 2.05) is 0 Å². The average Bonchev–Trinajstić information content (AvgIpc) is 2.30. The molecule has 0 saturated heterocycles. The van der Waals surface area contributed by atoms with Gasteiger partial charge in [-0.05, 0) is 6.08 Å². The predicted octanol–water partition coefficient (Wildman–Crippen LogP) is 0.856. The van der Waals surface area contributed by atoms with E-state index in [0.717, 1.165) is 0 Å². The van der Waals surface area contributed by atoms with Gasteiger partial charge in [0.1, 0.15) is 5.69 Å². The fraction of sp³-hybridized carbons (Fsp3) is 0.200. The number of hydrogen-bond acceptors (Lipinski definition) is 4. The lowest BCUT2D eigenvalue weighted by atomic mass is 10.2. The summed E-state index contributed by atoms with van der Waals surface area (Å²) in [6.45, 7) is 0.532. The second kappa shape index (κ2) is 4.00. The van der Waals surface area contributed by atoms with Crippen molar-refractivity contribution in [2.45, 2.75) is 6.42 Å². The summed E-state index contributed by atoms with van der Waals surface area (Å²) in [5.41, 5.74) is 0.869. The molecule has 1 aliphatic heterocycles. The summed E-state index contributed by atoms with van der Waals surface area (Å²) in [7, 11) is 0. The van der Waals surface area contributed by atoms with Crippen LogP contribution in [0, 0.1) is 5.41 Å². The highest BCUT2D eigenvalue weighted by Gasteiger charge is 2.17. The van der Waals surface area contributed by atoms with E-state index in [0.29, 0.717) is 24.4 Å². The fourth-order valence-electron chi connectivity index (χ4n) is 1.30. The van der Waals surface area contributed by atoms with Crippen LogP contribution >= 0.6 is 0 Å². The SMILES string of the molecule is N=C1C=CN(C(=O)c2cnccn2)CC1. The first-order chi connectivity index (χ1) is 7.27. The molecule has 0 saturated carbocycles. The van der Waals surface area contributed by atoms with E-state index in [-0.39, 0.29) is 5.91 Å². The van der Waals surface area contributed by atoms with Gasteiger partial charge < -0.3 is 10.3 Å². The minimum Gasteiger partial charge on any atom is -0.313 e. The molecule has 2 rings (SSSR count). The Kier molecular flexibility index (Phi) is 2.53. The Morgan fingerprint density at radius 1 is 1.47 bits per heavy atom. The van der Waals surface area contributed by atoms with Crippen LogP contribution in [0.4, 0.5) is 0 Å². The van der Waals surface area contributed by atoms with Crippen molar-refractivity contribution in [3.05, 3.63) is 36.6 Å². The molecule has 0 atom stereocenters. The molecule has 1 aromatic heterocycles. The van der Waals surface area contributed by atoms with Gasteiger partial charge in [0.2, 0.25) is 0 Å². The van der Waals surface area contributed by atoms with Crippen LogP contribution in [0.25, 0.3) is 0 Å². The number of allylic oxidation sites excluding steroid dienone is 1. The lowest BCUT2D eigenvalue weighted by molar-refractivity contribution is 0.0817. The van der Waals surface area contributed by atoms with Crippen molar-refractivity contribution < 1.29 is 4.79 Å². The normalized spacial score (nSPS) is 15.5. The summed E-state index contributed by atoms with van der Waals surface area (Å²) in [6.07, 6.45) is 8.28. The van der Waals surface area contributed by atoms with Crippen LogP contribution in [-0.4, -0.2) is 33.0 Å². The number of nitrogens with one attached hydrogen (secondary N) is 1. The van der Waals surface area contributed by atoms with Gasteiger partial charge in [0.25, 0.3) is 5.91 Å². The molecule has 0 bridgehead atoms. The number of rotatable bonds is 1. The van der Waals surface area contributed by atoms with Crippen molar-refractivity contribution in [3.63, 3.8) is 0 Å². The van der Waals surface area contributed by atoms with Gasteiger partial charge in [-0.1, -0.05) is 0 Å². The van der Waals surface area contributed by atoms with E-state index in [9.17, 15) is 4.79 Å². The largest absolute Gasteiger partial charge is 0.313 e. The maximum Gasteiger partial charge on any atom is 0.278 e. The minimum absolute atomic E-state index is 0.174. The van der Waals surface area contributed by atoms with Crippen LogP contribution < -0.4 is 0 Å². The summed E-state index contributed by atoms with van der Waals surface area (Å²) in [4.78, 5) is 21.1. The fourth-order valence-corrected chi connectivity index (χ4v) is 1.30. The summed E-state index contributed by atoms with van der Waals surface area (Å²) in [5.74, 6) is -0.174. The van der Waals surface area contributed by atoms with Gasteiger partial charge in [-0.3, -0.25) is 9.78 Å². The predicted molar refractivity (Wildman–Crippen MR) is 54.6 cm³/mol. The first-order valence-electron chi connectivity index (χ1n) is 4.60. The summed E-state index contributed by atoms with van der Waals surface area (Å²) >= 11 is 0. The molecule has 0 spiro atoms. The maximum atomic E-state index is 11.8. The summed E-state index contributed by atoms with van der Waals surface area (Å²) in [5, 5.41) is 7.37. The molecular weight excluding hydrogens is 192 g/mol. The van der Waals surface area contributed by atoms with Crippen LogP contribution in [0.5, 0.6) is 0 Å². The Hall–Kier alpha value is -2.04. The minimum atomic E-state index is -0.174. The third-order valence-corrected chi connectivity index (χ3v) is 2.12. The molecular formula is C10H10N4O. The molecule has 5 heteroatoms. The molecule has 76 valence electrons. The average molecular weight is 202 g/mol. The Balaban J connectivity index is 2.16. The molecule has 0 fully saturated rings. The molecule has 0 aliphatic carbocycles. The molecule has 1 amide bonds. The van der Waals surface area contributed by atoms with Crippen LogP contribution in [0.2, 0.25) is 0 Å². The van der Waals surface area contributed by atoms with Crippen molar-refractivity contribution >= 4 is 11.6 Å². The standard InChI is InChI=1S/C10H10N4O/c11-8-1-5-14(6-2-8)10(15)9-7-12-3-4-13-9/h1,3-5,7,11H,2,6H2. The smallest absolute Gasteiger partial charge is 0.278 e. The summed E-state index contributed by atoms with van der Waals surface area (Å²) < 4.78 is 0. The van der Waals surface area contributed by atoms with Gasteiger partial charge in [-0.25, -0.2) is 4.98 Å². The number of carbonyl (C=O) groups is 1. The molecule has 2 heterocycles. The van der Waals surface area contributed by atoms with E-state index >= 15 is 0 Å². The molecule has 1 N–H and O–H groups in total. The quantitative estimate of drug-likeness (QED) is 0.734. The lowest BCUT2D eigenvalue weighted by Crippen LogP contribution is -2.31. The highest BCUT2D eigenvalue weighted by Crippen LogP contribution is 2.07. The number of nitrogens with zero attached hydrogens (tertiary/aromatic N) is 3. The second-order valence-electron chi connectivity index (χ2n) is 3.18. The molecule has 1 aliphatic rings. The zero-order chi connectivity index (χ0) is 10.7. The number of amides is 1. The zero-order valence-electron chi connectivity index (χ0n) is 8.05. The molecule has 0 aromatic carbocycles. The number of hydrogen-bond donors (Lipinski definition) is 1. The van der Waals surface area contributed by atoms with E-state index in [1.165, 1.54) is 18.6 Å². The lowest BCUT2D eigenvalue weighted by Gasteiger charge is -2.20. The van der Waals surface area contributed by atoms with Crippen molar-refractivity contribution in [3.8, 4) is 0 Å². The Morgan fingerprint density at radius 3 is 2.93 bits per heavy atom. The van der Waals surface area contributed by atoms with Crippen LogP contribution in [0.1, 0.15) is 16.9 Å². The van der Waals surface area contributed by atoms with Gasteiger partial charge >= 0.3 is 0 Å². The highest BCUT2D eigenvalue weighted by molar-refractivity contribution is 5.97. The topological polar surface area (TPSA) is 69.9 Å². The van der Waals surface area contributed by atoms with E-state index in [4.69, 9.17) is 5.41 Å². The third-order valence-electron chi connectivity index (χ3n) is 2.12. The number of carbonyl (C=O) groups excluding carboxylic acids is 1. The monoisotopic (exact) mass is 202 g/mol. The van der Waals surface area contributed by atoms with Gasteiger partial charge in [-0.15, -0.1) is 0 Å². The van der Waals surface area contributed by atoms with E-state index < -0.39 is 0 Å². The molecule has 5 nitrogen and oxygen atoms in total. The van der Waals surface area contributed by atoms with Crippen LogP contribution in [0.3, 0.4) is 0 Å². The van der Waals surface area contributed by atoms with Crippen molar-refractivity contribution in [2.75, 3.05) is 6.54 Å². The van der Waals surface area contributed by atoms with E-state index in [1.54, 1.807) is 17.2 Å². The van der Waals surface area contributed by atoms with Gasteiger partial charge in [0.05, 0.1) is 6.20 Å². The third kappa shape index (κ3) is 2.07. The van der Waals surface area contributed by atoms with Crippen LogP contribution in [0.15, 0.2) is 30.9 Å². The molecule has 1 aromatic rings.